The highest BCUT2D eigenvalue weighted by Gasteiger charge is 2.08. The van der Waals surface area contributed by atoms with Gasteiger partial charge in [0.25, 0.3) is 0 Å². The van der Waals surface area contributed by atoms with Gasteiger partial charge in [-0.1, -0.05) is 12.1 Å². The number of thiophene rings is 1. The summed E-state index contributed by atoms with van der Waals surface area (Å²) in [6, 6.07) is 12.2. The molecule has 3 aromatic rings. The van der Waals surface area contributed by atoms with E-state index in [4.69, 9.17) is 0 Å². The third-order valence-electron chi connectivity index (χ3n) is 2.50. The third-order valence-corrected chi connectivity index (χ3v) is 4.27. The summed E-state index contributed by atoms with van der Waals surface area (Å²) < 4.78 is 1.11. The predicted octanol–water partition coefficient (Wildman–Crippen LogP) is 4.42. The van der Waals surface area contributed by atoms with Crippen LogP contribution in [0.4, 0.5) is 0 Å². The van der Waals surface area contributed by atoms with Crippen LogP contribution in [0.2, 0.25) is 0 Å². The second-order valence-electron chi connectivity index (χ2n) is 3.71. The van der Waals surface area contributed by atoms with Gasteiger partial charge in [0.2, 0.25) is 0 Å². The van der Waals surface area contributed by atoms with E-state index >= 15 is 0 Å². The van der Waals surface area contributed by atoms with Gasteiger partial charge in [-0.3, -0.25) is 0 Å². The van der Waals surface area contributed by atoms with Crippen LogP contribution in [0.5, 0.6) is 0 Å². The van der Waals surface area contributed by atoms with Crippen molar-refractivity contribution in [3.05, 3.63) is 51.7 Å². The van der Waals surface area contributed by atoms with Crippen molar-refractivity contribution in [2.75, 3.05) is 0 Å². The van der Waals surface area contributed by atoms with E-state index in [1.165, 1.54) is 0 Å². The topological polar surface area (TPSA) is 36.7 Å². The minimum absolute atomic E-state index is 0.620. The molecule has 4 heteroatoms. The number of nitriles is 1. The summed E-state index contributed by atoms with van der Waals surface area (Å²) in [5.74, 6) is 0. The molecular formula is C14H8N2S2. The molecule has 0 aliphatic rings. The van der Waals surface area contributed by atoms with Gasteiger partial charge in [-0.15, -0.1) is 11.3 Å². The fourth-order valence-electron chi connectivity index (χ4n) is 1.65. The zero-order valence-electron chi connectivity index (χ0n) is 9.33. The SMILES string of the molecule is N#CC(=Cc1ccsc1)c1nc2ccccc2s1. The Balaban J connectivity index is 2.09. The van der Waals surface area contributed by atoms with E-state index in [-0.39, 0.29) is 0 Å². The summed E-state index contributed by atoms with van der Waals surface area (Å²) in [7, 11) is 0. The molecule has 0 radical (unpaired) electrons. The largest absolute Gasteiger partial charge is 0.235 e. The van der Waals surface area contributed by atoms with Gasteiger partial charge in [-0.2, -0.15) is 16.6 Å². The van der Waals surface area contributed by atoms with Crippen molar-refractivity contribution in [1.29, 1.82) is 5.26 Å². The number of aromatic nitrogens is 1. The van der Waals surface area contributed by atoms with Crippen LogP contribution in [-0.4, -0.2) is 4.98 Å². The van der Waals surface area contributed by atoms with Crippen LogP contribution >= 0.6 is 22.7 Å². The highest BCUT2D eigenvalue weighted by Crippen LogP contribution is 2.28. The van der Waals surface area contributed by atoms with Crippen LogP contribution in [-0.2, 0) is 0 Å². The second kappa shape index (κ2) is 4.73. The minimum Gasteiger partial charge on any atom is -0.235 e. The van der Waals surface area contributed by atoms with Crippen LogP contribution in [0.1, 0.15) is 10.6 Å². The molecule has 18 heavy (non-hydrogen) atoms. The van der Waals surface area contributed by atoms with Gasteiger partial charge in [0.05, 0.1) is 15.8 Å². The fraction of sp³-hybridized carbons (Fsp3) is 0. The maximum absolute atomic E-state index is 9.26. The van der Waals surface area contributed by atoms with Crippen LogP contribution < -0.4 is 0 Å². The number of fused-ring (bicyclic) bond motifs is 1. The molecule has 3 rings (SSSR count). The minimum atomic E-state index is 0.620. The molecule has 0 unspecified atom stereocenters. The Morgan fingerprint density at radius 3 is 2.89 bits per heavy atom. The van der Waals surface area contributed by atoms with Crippen molar-refractivity contribution < 1.29 is 0 Å². The van der Waals surface area contributed by atoms with Gasteiger partial charge in [0.1, 0.15) is 11.1 Å². The number of hydrogen-bond donors (Lipinski definition) is 0. The van der Waals surface area contributed by atoms with E-state index in [1.54, 1.807) is 22.7 Å². The molecular weight excluding hydrogens is 260 g/mol. The van der Waals surface area contributed by atoms with Crippen molar-refractivity contribution in [3.8, 4) is 6.07 Å². The zero-order chi connectivity index (χ0) is 12.4. The first-order valence-corrected chi connectivity index (χ1v) is 7.13. The Morgan fingerprint density at radius 2 is 2.17 bits per heavy atom. The first-order valence-electron chi connectivity index (χ1n) is 5.37. The predicted molar refractivity (Wildman–Crippen MR) is 77.4 cm³/mol. The molecule has 0 fully saturated rings. The molecule has 0 aliphatic carbocycles. The lowest BCUT2D eigenvalue weighted by molar-refractivity contribution is 1.44. The number of rotatable bonds is 2. The van der Waals surface area contributed by atoms with Crippen molar-refractivity contribution >= 4 is 44.5 Å². The number of allylic oxidation sites excluding steroid dienone is 1. The molecule has 0 bridgehead atoms. The molecule has 0 N–H and O–H groups in total. The quantitative estimate of drug-likeness (QED) is 0.645. The van der Waals surface area contributed by atoms with Crippen LogP contribution in [0.15, 0.2) is 41.1 Å². The van der Waals surface area contributed by atoms with E-state index in [0.29, 0.717) is 5.57 Å². The molecule has 0 spiro atoms. The van der Waals surface area contributed by atoms with E-state index in [2.05, 4.69) is 11.1 Å². The average molecular weight is 268 g/mol. The van der Waals surface area contributed by atoms with Gasteiger partial charge in [-0.05, 0) is 40.6 Å². The lowest BCUT2D eigenvalue weighted by Crippen LogP contribution is -1.78. The number of para-hydroxylation sites is 1. The zero-order valence-corrected chi connectivity index (χ0v) is 11.0. The number of thiazole rings is 1. The van der Waals surface area contributed by atoms with Gasteiger partial charge >= 0.3 is 0 Å². The highest BCUT2D eigenvalue weighted by atomic mass is 32.1. The summed E-state index contributed by atoms with van der Waals surface area (Å²) in [5.41, 5.74) is 2.62. The van der Waals surface area contributed by atoms with Crippen LogP contribution in [0.3, 0.4) is 0 Å². The standard InChI is InChI=1S/C14H8N2S2/c15-8-11(7-10-5-6-17-9-10)14-16-12-3-1-2-4-13(12)18-14/h1-7,9H. The number of nitrogens with zero attached hydrogens (tertiary/aromatic N) is 2. The van der Waals surface area contributed by atoms with Gasteiger partial charge in [0.15, 0.2) is 0 Å². The molecule has 0 saturated heterocycles. The lowest BCUT2D eigenvalue weighted by Gasteiger charge is -1.90. The molecule has 0 saturated carbocycles. The van der Waals surface area contributed by atoms with Crippen molar-refractivity contribution in [2.45, 2.75) is 0 Å². The maximum Gasteiger partial charge on any atom is 0.135 e. The molecule has 2 nitrogen and oxygen atoms in total. The average Bonchev–Trinajstić information content (AvgIpc) is 3.04. The van der Waals surface area contributed by atoms with Crippen LogP contribution in [0.25, 0.3) is 21.9 Å². The third kappa shape index (κ3) is 2.06. The Hall–Kier alpha value is -1.96. The Bertz CT molecular complexity index is 713. The molecule has 0 amide bonds. The Labute approximate surface area is 112 Å². The van der Waals surface area contributed by atoms with Gasteiger partial charge < -0.3 is 0 Å². The van der Waals surface area contributed by atoms with E-state index in [0.717, 1.165) is 20.8 Å². The summed E-state index contributed by atoms with van der Waals surface area (Å²) >= 11 is 3.17. The summed E-state index contributed by atoms with van der Waals surface area (Å²) in [6.07, 6.45) is 1.88. The lowest BCUT2D eigenvalue weighted by atomic mass is 10.2. The maximum atomic E-state index is 9.26. The Kier molecular flexibility index (Phi) is 2.93. The summed E-state index contributed by atoms with van der Waals surface area (Å²) in [5, 5.41) is 14.1. The van der Waals surface area contributed by atoms with Gasteiger partial charge in [0, 0.05) is 0 Å². The van der Waals surface area contributed by atoms with Crippen molar-refractivity contribution in [2.24, 2.45) is 0 Å². The van der Waals surface area contributed by atoms with E-state index in [1.807, 2.05) is 47.2 Å². The normalized spacial score (nSPS) is 11.6. The first-order chi connectivity index (χ1) is 8.86. The molecule has 86 valence electrons. The van der Waals surface area contributed by atoms with Crippen molar-refractivity contribution in [1.82, 2.24) is 4.98 Å². The molecule has 0 atom stereocenters. The first kappa shape index (κ1) is 11.1. The van der Waals surface area contributed by atoms with E-state index < -0.39 is 0 Å². The monoisotopic (exact) mass is 268 g/mol. The van der Waals surface area contributed by atoms with Crippen LogP contribution in [0, 0.1) is 11.3 Å². The number of benzene rings is 1. The number of hydrogen-bond acceptors (Lipinski definition) is 4. The molecule has 1 aromatic carbocycles. The molecule has 2 aromatic heterocycles. The van der Waals surface area contributed by atoms with Gasteiger partial charge in [-0.25, -0.2) is 4.98 Å². The van der Waals surface area contributed by atoms with E-state index in [9.17, 15) is 5.26 Å². The Morgan fingerprint density at radius 1 is 1.28 bits per heavy atom. The molecule has 0 aliphatic heterocycles. The second-order valence-corrected chi connectivity index (χ2v) is 5.52. The summed E-state index contributed by atoms with van der Waals surface area (Å²) in [6.45, 7) is 0. The molecule has 2 heterocycles. The van der Waals surface area contributed by atoms with Crippen molar-refractivity contribution in [3.63, 3.8) is 0 Å². The summed E-state index contributed by atoms with van der Waals surface area (Å²) in [4.78, 5) is 4.50. The fourth-order valence-corrected chi connectivity index (χ4v) is 3.20. The highest BCUT2D eigenvalue weighted by molar-refractivity contribution is 7.19. The smallest absolute Gasteiger partial charge is 0.135 e.